The summed E-state index contributed by atoms with van der Waals surface area (Å²) in [6.45, 7) is 6.10. The van der Waals surface area contributed by atoms with Gasteiger partial charge in [0.15, 0.2) is 0 Å². The van der Waals surface area contributed by atoms with Gasteiger partial charge in [0.25, 0.3) is 0 Å². The van der Waals surface area contributed by atoms with Gasteiger partial charge in [-0.15, -0.1) is 11.3 Å². The number of carbonyl (C=O) groups excluding carboxylic acids is 1. The number of aliphatic hydroxyl groups excluding tert-OH is 1. The Hall–Kier alpha value is -0.390. The number of rotatable bonds is 7. The summed E-state index contributed by atoms with van der Waals surface area (Å²) in [7, 11) is 0. The highest BCUT2D eigenvalue weighted by molar-refractivity contribution is 9.11. The first-order chi connectivity index (χ1) is 8.90. The molecule has 1 aromatic heterocycles. The Labute approximate surface area is 127 Å². The summed E-state index contributed by atoms with van der Waals surface area (Å²) in [4.78, 5) is 15.2. The van der Waals surface area contributed by atoms with Gasteiger partial charge in [-0.2, -0.15) is 0 Å². The summed E-state index contributed by atoms with van der Waals surface area (Å²) in [5.41, 5.74) is 0. The zero-order valence-electron chi connectivity index (χ0n) is 11.7. The van der Waals surface area contributed by atoms with Crippen molar-refractivity contribution in [2.75, 3.05) is 6.54 Å². The number of aliphatic hydroxyl groups is 1. The third-order valence-electron chi connectivity index (χ3n) is 2.85. The topological polar surface area (TPSA) is 40.5 Å². The van der Waals surface area contributed by atoms with Gasteiger partial charge in [0.05, 0.1) is 9.89 Å². The lowest BCUT2D eigenvalue weighted by Crippen LogP contribution is -2.41. The van der Waals surface area contributed by atoms with Gasteiger partial charge in [-0.05, 0) is 61.7 Å². The summed E-state index contributed by atoms with van der Waals surface area (Å²) in [6, 6.07) is 4.27. The van der Waals surface area contributed by atoms with Crippen LogP contribution in [-0.4, -0.2) is 34.6 Å². The van der Waals surface area contributed by atoms with Crippen molar-refractivity contribution in [1.29, 1.82) is 0 Å². The monoisotopic (exact) mass is 347 g/mol. The number of nitrogens with zero attached hydrogens (tertiary/aromatic N) is 1. The second-order valence-corrected chi connectivity index (χ2v) is 7.60. The highest BCUT2D eigenvalue weighted by atomic mass is 79.9. The minimum Gasteiger partial charge on any atom is -0.392 e. The molecule has 1 unspecified atom stereocenters. The molecule has 0 fully saturated rings. The van der Waals surface area contributed by atoms with Crippen molar-refractivity contribution < 1.29 is 9.90 Å². The first-order valence-corrected chi connectivity index (χ1v) is 8.23. The van der Waals surface area contributed by atoms with Crippen molar-refractivity contribution in [2.45, 2.75) is 52.2 Å². The molecule has 0 aliphatic carbocycles. The fraction of sp³-hybridized carbons (Fsp3) is 0.643. The van der Waals surface area contributed by atoms with E-state index < -0.39 is 6.10 Å². The van der Waals surface area contributed by atoms with E-state index in [2.05, 4.69) is 22.0 Å². The van der Waals surface area contributed by atoms with Crippen molar-refractivity contribution in [1.82, 2.24) is 4.90 Å². The normalized spacial score (nSPS) is 12.7. The molecule has 0 radical (unpaired) electrons. The van der Waals surface area contributed by atoms with Crippen LogP contribution in [-0.2, 0) is 11.2 Å². The van der Waals surface area contributed by atoms with E-state index in [-0.39, 0.29) is 11.9 Å². The van der Waals surface area contributed by atoms with E-state index in [0.29, 0.717) is 13.0 Å². The molecule has 5 heteroatoms. The van der Waals surface area contributed by atoms with Crippen molar-refractivity contribution in [2.24, 2.45) is 0 Å². The Bertz CT molecular complexity index is 404. The molecule has 0 bridgehead atoms. The third kappa shape index (κ3) is 6.06. The van der Waals surface area contributed by atoms with E-state index in [0.717, 1.165) is 16.6 Å². The summed E-state index contributed by atoms with van der Waals surface area (Å²) in [5, 5.41) is 9.43. The van der Waals surface area contributed by atoms with Crippen molar-refractivity contribution in [3.8, 4) is 0 Å². The SMILES string of the molecule is CC(O)CN(C(=O)CCCc1ccc(Br)s1)C(C)C. The van der Waals surface area contributed by atoms with E-state index in [9.17, 15) is 9.90 Å². The van der Waals surface area contributed by atoms with Crippen LogP contribution < -0.4 is 0 Å². The number of hydrogen-bond acceptors (Lipinski definition) is 3. The molecule has 0 aromatic carbocycles. The van der Waals surface area contributed by atoms with Crippen LogP contribution in [0.4, 0.5) is 0 Å². The number of carbonyl (C=O) groups is 1. The van der Waals surface area contributed by atoms with E-state index in [1.165, 1.54) is 4.88 Å². The summed E-state index contributed by atoms with van der Waals surface area (Å²) < 4.78 is 1.13. The molecule has 0 saturated heterocycles. The number of amides is 1. The highest BCUT2D eigenvalue weighted by Gasteiger charge is 2.18. The minimum absolute atomic E-state index is 0.131. The fourth-order valence-corrected chi connectivity index (χ4v) is 3.45. The van der Waals surface area contributed by atoms with Crippen LogP contribution in [0.2, 0.25) is 0 Å². The van der Waals surface area contributed by atoms with Gasteiger partial charge in [-0.25, -0.2) is 0 Å². The zero-order chi connectivity index (χ0) is 14.4. The lowest BCUT2D eigenvalue weighted by atomic mass is 10.1. The number of thiophene rings is 1. The van der Waals surface area contributed by atoms with Crippen LogP contribution >= 0.6 is 27.3 Å². The smallest absolute Gasteiger partial charge is 0.222 e. The van der Waals surface area contributed by atoms with E-state index >= 15 is 0 Å². The van der Waals surface area contributed by atoms with E-state index in [1.54, 1.807) is 23.2 Å². The van der Waals surface area contributed by atoms with Crippen LogP contribution in [0.5, 0.6) is 0 Å². The quantitative estimate of drug-likeness (QED) is 0.820. The summed E-state index contributed by atoms with van der Waals surface area (Å²) in [6.07, 6.45) is 1.86. The van der Waals surface area contributed by atoms with Crippen LogP contribution in [0.3, 0.4) is 0 Å². The highest BCUT2D eigenvalue weighted by Crippen LogP contribution is 2.23. The third-order valence-corrected chi connectivity index (χ3v) is 4.53. The maximum atomic E-state index is 12.1. The van der Waals surface area contributed by atoms with Crippen LogP contribution in [0.15, 0.2) is 15.9 Å². The zero-order valence-corrected chi connectivity index (χ0v) is 14.1. The fourth-order valence-electron chi connectivity index (χ4n) is 1.93. The van der Waals surface area contributed by atoms with Gasteiger partial charge < -0.3 is 10.0 Å². The van der Waals surface area contributed by atoms with Crippen LogP contribution in [0.1, 0.15) is 38.5 Å². The molecule has 1 rings (SSSR count). The maximum Gasteiger partial charge on any atom is 0.222 e. The largest absolute Gasteiger partial charge is 0.392 e. The molecule has 1 atom stereocenters. The minimum atomic E-state index is -0.473. The average molecular weight is 348 g/mol. The van der Waals surface area contributed by atoms with Gasteiger partial charge in [0.2, 0.25) is 5.91 Å². The first kappa shape index (κ1) is 16.7. The van der Waals surface area contributed by atoms with Crippen LogP contribution in [0.25, 0.3) is 0 Å². The second-order valence-electron chi connectivity index (χ2n) is 5.05. The predicted octanol–water partition coefficient (Wildman–Crippen LogP) is 3.45. The molecule has 0 aliphatic heterocycles. The Kier molecular flexibility index (Phi) is 7.04. The van der Waals surface area contributed by atoms with E-state index in [1.807, 2.05) is 19.9 Å². The number of hydrogen-bond donors (Lipinski definition) is 1. The molecule has 108 valence electrons. The molecule has 19 heavy (non-hydrogen) atoms. The average Bonchev–Trinajstić information content (AvgIpc) is 2.71. The van der Waals surface area contributed by atoms with Crippen molar-refractivity contribution in [3.05, 3.63) is 20.8 Å². The first-order valence-electron chi connectivity index (χ1n) is 6.62. The number of halogens is 1. The molecule has 0 saturated carbocycles. The summed E-state index contributed by atoms with van der Waals surface area (Å²) >= 11 is 5.15. The van der Waals surface area contributed by atoms with Gasteiger partial charge >= 0.3 is 0 Å². The Morgan fingerprint density at radius 3 is 2.58 bits per heavy atom. The van der Waals surface area contributed by atoms with Crippen molar-refractivity contribution in [3.63, 3.8) is 0 Å². The maximum absolute atomic E-state index is 12.1. The Morgan fingerprint density at radius 2 is 2.11 bits per heavy atom. The molecule has 1 N–H and O–H groups in total. The van der Waals surface area contributed by atoms with Gasteiger partial charge in [0.1, 0.15) is 0 Å². The Morgan fingerprint density at radius 1 is 1.42 bits per heavy atom. The molecule has 1 amide bonds. The summed E-state index contributed by atoms with van der Waals surface area (Å²) in [5.74, 6) is 0.131. The molecule has 1 aromatic rings. The lowest BCUT2D eigenvalue weighted by Gasteiger charge is -2.28. The lowest BCUT2D eigenvalue weighted by molar-refractivity contribution is -0.134. The molecule has 0 aliphatic rings. The molecular formula is C14H22BrNO2S. The van der Waals surface area contributed by atoms with Crippen LogP contribution in [0, 0.1) is 0 Å². The second kappa shape index (κ2) is 8.02. The molecular weight excluding hydrogens is 326 g/mol. The van der Waals surface area contributed by atoms with E-state index in [4.69, 9.17) is 0 Å². The van der Waals surface area contributed by atoms with Gasteiger partial charge in [0, 0.05) is 23.9 Å². The predicted molar refractivity (Wildman–Crippen MR) is 83.5 cm³/mol. The van der Waals surface area contributed by atoms with Gasteiger partial charge in [-0.1, -0.05) is 0 Å². The standard InChI is InChI=1S/C14H22BrNO2S/c1-10(2)16(9-11(3)17)14(18)6-4-5-12-7-8-13(15)19-12/h7-8,10-11,17H,4-6,9H2,1-3H3. The van der Waals surface area contributed by atoms with Crippen molar-refractivity contribution >= 4 is 33.2 Å². The molecule has 1 heterocycles. The molecule has 0 spiro atoms. The van der Waals surface area contributed by atoms with Gasteiger partial charge in [-0.3, -0.25) is 4.79 Å². The Balaban J connectivity index is 2.39. The molecule has 3 nitrogen and oxygen atoms in total. The number of aryl methyl sites for hydroxylation is 1.